The molecule has 1 aliphatic heterocycles. The standard InChI is InChI=1S/C21H26ClFN4O2/c1-29-18-9-15(22)7-8-16(18)21(28)27-11-14(10-23)17(12-27)20-24-19(25-26-20)13-5-3-2-4-6-13/h7-9,13-14,17H,2-6,10-12H2,1H3,(H,24,25,26). The number of amides is 1. The van der Waals surface area contributed by atoms with E-state index in [2.05, 4.69) is 10.2 Å². The number of halogens is 2. The van der Waals surface area contributed by atoms with Gasteiger partial charge in [0.25, 0.3) is 5.91 Å². The molecule has 1 saturated heterocycles. The summed E-state index contributed by atoms with van der Waals surface area (Å²) in [7, 11) is 1.50. The van der Waals surface area contributed by atoms with Crippen molar-refractivity contribution in [2.45, 2.75) is 43.9 Å². The van der Waals surface area contributed by atoms with Crippen molar-refractivity contribution in [1.29, 1.82) is 0 Å². The van der Waals surface area contributed by atoms with Crippen LogP contribution in [-0.2, 0) is 0 Å². The summed E-state index contributed by atoms with van der Waals surface area (Å²) in [6, 6.07) is 4.92. The zero-order valence-corrected chi connectivity index (χ0v) is 17.3. The molecule has 1 aliphatic carbocycles. The van der Waals surface area contributed by atoms with E-state index in [4.69, 9.17) is 21.3 Å². The fourth-order valence-corrected chi connectivity index (χ4v) is 4.67. The van der Waals surface area contributed by atoms with Crippen LogP contribution in [-0.4, -0.2) is 52.9 Å². The molecule has 1 aromatic carbocycles. The SMILES string of the molecule is COc1cc(Cl)ccc1C(=O)N1CC(CF)C(c2nc(C3CCCCC3)n[nH]2)C1. The van der Waals surface area contributed by atoms with Gasteiger partial charge in [-0.05, 0) is 31.0 Å². The van der Waals surface area contributed by atoms with Gasteiger partial charge in [-0.3, -0.25) is 14.3 Å². The van der Waals surface area contributed by atoms with Crippen molar-refractivity contribution >= 4 is 17.5 Å². The maximum Gasteiger partial charge on any atom is 0.257 e. The van der Waals surface area contributed by atoms with Gasteiger partial charge in [0.2, 0.25) is 0 Å². The Balaban J connectivity index is 1.52. The second-order valence-electron chi connectivity index (χ2n) is 7.99. The van der Waals surface area contributed by atoms with Gasteiger partial charge in [0.05, 0.1) is 19.3 Å². The topological polar surface area (TPSA) is 71.1 Å². The number of aromatic amines is 1. The molecular weight excluding hydrogens is 395 g/mol. The van der Waals surface area contributed by atoms with Crippen molar-refractivity contribution in [3.05, 3.63) is 40.4 Å². The molecule has 1 N–H and O–H groups in total. The average molecular weight is 421 g/mol. The highest BCUT2D eigenvalue weighted by atomic mass is 35.5. The molecule has 2 atom stereocenters. The first-order valence-corrected chi connectivity index (χ1v) is 10.6. The Bertz CT molecular complexity index is 868. The van der Waals surface area contributed by atoms with Gasteiger partial charge >= 0.3 is 0 Å². The molecule has 2 heterocycles. The average Bonchev–Trinajstić information content (AvgIpc) is 3.41. The van der Waals surface area contributed by atoms with Crippen LogP contribution >= 0.6 is 11.6 Å². The highest BCUT2D eigenvalue weighted by Crippen LogP contribution is 2.36. The summed E-state index contributed by atoms with van der Waals surface area (Å²) in [6.07, 6.45) is 5.89. The zero-order valence-electron chi connectivity index (χ0n) is 16.5. The number of methoxy groups -OCH3 is 1. The number of carbonyl (C=O) groups is 1. The van der Waals surface area contributed by atoms with E-state index >= 15 is 0 Å². The van der Waals surface area contributed by atoms with Gasteiger partial charge in [-0.2, -0.15) is 5.10 Å². The lowest BCUT2D eigenvalue weighted by Gasteiger charge is -2.18. The predicted molar refractivity (Wildman–Crippen MR) is 108 cm³/mol. The van der Waals surface area contributed by atoms with Gasteiger partial charge in [-0.25, -0.2) is 4.98 Å². The Morgan fingerprint density at radius 3 is 2.83 bits per heavy atom. The molecule has 1 aromatic heterocycles. The van der Waals surface area contributed by atoms with E-state index in [1.807, 2.05) is 0 Å². The van der Waals surface area contributed by atoms with E-state index in [0.717, 1.165) is 18.7 Å². The maximum atomic E-state index is 13.8. The minimum atomic E-state index is -0.508. The molecule has 0 radical (unpaired) electrons. The number of carbonyl (C=O) groups excluding carboxylic acids is 1. The Labute approximate surface area is 174 Å². The molecule has 6 nitrogen and oxygen atoms in total. The fraction of sp³-hybridized carbons (Fsp3) is 0.571. The number of alkyl halides is 1. The first-order chi connectivity index (χ1) is 14.1. The number of hydrogen-bond donors (Lipinski definition) is 1. The number of hydrogen-bond acceptors (Lipinski definition) is 4. The van der Waals surface area contributed by atoms with Crippen LogP contribution in [0.2, 0.25) is 5.02 Å². The van der Waals surface area contributed by atoms with Crippen LogP contribution in [0.4, 0.5) is 4.39 Å². The van der Waals surface area contributed by atoms with E-state index in [9.17, 15) is 9.18 Å². The van der Waals surface area contributed by atoms with Gasteiger partial charge in [-0.15, -0.1) is 0 Å². The highest BCUT2D eigenvalue weighted by Gasteiger charge is 2.39. The van der Waals surface area contributed by atoms with Gasteiger partial charge in [-0.1, -0.05) is 30.9 Å². The Kier molecular flexibility index (Phi) is 6.04. The number of rotatable bonds is 5. The molecule has 0 spiro atoms. The summed E-state index contributed by atoms with van der Waals surface area (Å²) >= 11 is 6.00. The lowest BCUT2D eigenvalue weighted by atomic mass is 9.89. The normalized spacial score (nSPS) is 22.8. The quantitative estimate of drug-likeness (QED) is 0.781. The van der Waals surface area contributed by atoms with Crippen LogP contribution in [0.25, 0.3) is 0 Å². The molecule has 4 rings (SSSR count). The number of ether oxygens (including phenoxy) is 1. The Morgan fingerprint density at radius 2 is 2.10 bits per heavy atom. The first-order valence-electron chi connectivity index (χ1n) is 10.2. The number of nitrogens with zero attached hydrogens (tertiary/aromatic N) is 3. The van der Waals surface area contributed by atoms with Crippen LogP contribution in [0.3, 0.4) is 0 Å². The lowest BCUT2D eigenvalue weighted by Crippen LogP contribution is -2.29. The van der Waals surface area contributed by atoms with Gasteiger partial charge in [0, 0.05) is 35.9 Å². The predicted octanol–water partition coefficient (Wildman–Crippen LogP) is 4.34. The number of aromatic nitrogens is 3. The maximum absolute atomic E-state index is 13.8. The smallest absolute Gasteiger partial charge is 0.257 e. The summed E-state index contributed by atoms with van der Waals surface area (Å²) in [6.45, 7) is 0.232. The first kappa shape index (κ1) is 20.1. The molecule has 1 amide bonds. The van der Waals surface area contributed by atoms with Crippen molar-refractivity contribution < 1.29 is 13.9 Å². The van der Waals surface area contributed by atoms with Crippen LogP contribution in [0.5, 0.6) is 5.75 Å². The second-order valence-corrected chi connectivity index (χ2v) is 8.43. The van der Waals surface area contributed by atoms with Crippen molar-refractivity contribution in [2.24, 2.45) is 5.92 Å². The molecular formula is C21H26ClFN4O2. The molecule has 2 aliphatic rings. The van der Waals surface area contributed by atoms with Crippen molar-refractivity contribution in [3.8, 4) is 5.75 Å². The van der Waals surface area contributed by atoms with Gasteiger partial charge < -0.3 is 9.64 Å². The van der Waals surface area contributed by atoms with Crippen LogP contribution in [0.15, 0.2) is 18.2 Å². The summed E-state index contributed by atoms with van der Waals surface area (Å²) in [5, 5.41) is 7.95. The van der Waals surface area contributed by atoms with E-state index in [0.29, 0.717) is 41.2 Å². The highest BCUT2D eigenvalue weighted by molar-refractivity contribution is 6.30. The summed E-state index contributed by atoms with van der Waals surface area (Å²) in [4.78, 5) is 19.4. The molecule has 8 heteroatoms. The van der Waals surface area contributed by atoms with E-state index < -0.39 is 6.67 Å². The Morgan fingerprint density at radius 1 is 1.31 bits per heavy atom. The number of benzene rings is 1. The van der Waals surface area contributed by atoms with Crippen molar-refractivity contribution in [3.63, 3.8) is 0 Å². The number of likely N-dealkylation sites (tertiary alicyclic amines) is 1. The number of H-pyrrole nitrogens is 1. The molecule has 156 valence electrons. The van der Waals surface area contributed by atoms with Crippen molar-refractivity contribution in [1.82, 2.24) is 20.1 Å². The summed E-state index contributed by atoms with van der Waals surface area (Å²) < 4.78 is 19.1. The third kappa shape index (κ3) is 4.10. The van der Waals surface area contributed by atoms with Gasteiger partial charge in [0.15, 0.2) is 5.82 Å². The molecule has 2 unspecified atom stereocenters. The van der Waals surface area contributed by atoms with Crippen LogP contribution in [0, 0.1) is 5.92 Å². The Hall–Kier alpha value is -2.15. The van der Waals surface area contributed by atoms with Gasteiger partial charge in [0.1, 0.15) is 11.6 Å². The third-order valence-electron chi connectivity index (χ3n) is 6.16. The third-order valence-corrected chi connectivity index (χ3v) is 6.40. The lowest BCUT2D eigenvalue weighted by molar-refractivity contribution is 0.0781. The molecule has 29 heavy (non-hydrogen) atoms. The minimum absolute atomic E-state index is 0.188. The summed E-state index contributed by atoms with van der Waals surface area (Å²) in [5.41, 5.74) is 0.427. The van der Waals surface area contributed by atoms with Crippen LogP contribution in [0.1, 0.15) is 65.9 Å². The fourth-order valence-electron chi connectivity index (χ4n) is 4.51. The minimum Gasteiger partial charge on any atom is -0.496 e. The molecule has 2 aromatic rings. The van der Waals surface area contributed by atoms with E-state index in [1.165, 1.54) is 26.4 Å². The largest absolute Gasteiger partial charge is 0.496 e. The molecule has 1 saturated carbocycles. The van der Waals surface area contributed by atoms with E-state index in [-0.39, 0.29) is 17.7 Å². The van der Waals surface area contributed by atoms with E-state index in [1.54, 1.807) is 23.1 Å². The zero-order chi connectivity index (χ0) is 20.4. The molecule has 2 fully saturated rings. The van der Waals surface area contributed by atoms with Crippen molar-refractivity contribution in [2.75, 3.05) is 26.9 Å². The summed E-state index contributed by atoms with van der Waals surface area (Å²) in [5.74, 6) is 1.65. The number of nitrogens with one attached hydrogen (secondary N) is 1. The second kappa shape index (κ2) is 8.69. The monoisotopic (exact) mass is 420 g/mol. The van der Waals surface area contributed by atoms with Crippen LogP contribution < -0.4 is 4.74 Å². The molecule has 0 bridgehead atoms.